The highest BCUT2D eigenvalue weighted by molar-refractivity contribution is 9.09. The Morgan fingerprint density at radius 2 is 1.03 bits per heavy atom. The number of aromatic nitrogens is 6. The molecule has 10 heterocycles. The molecule has 14 nitrogen and oxygen atoms in total. The number of rotatable bonds is 11. The van der Waals surface area contributed by atoms with Crippen LogP contribution in [0.25, 0.3) is 22.5 Å². The van der Waals surface area contributed by atoms with Crippen LogP contribution >= 0.6 is 15.9 Å². The Morgan fingerprint density at radius 1 is 0.571 bits per heavy atom. The fraction of sp³-hybridized carbons (Fsp3) is 0.462. The van der Waals surface area contributed by atoms with Crippen LogP contribution in [0, 0.1) is 23.3 Å². The number of hydrogen-bond acceptors (Lipinski definition) is 12. The van der Waals surface area contributed by atoms with E-state index in [-0.39, 0.29) is 54.8 Å². The van der Waals surface area contributed by atoms with Crippen molar-refractivity contribution in [3.63, 3.8) is 0 Å². The smallest absolute Gasteiger partial charge is 0.417 e. The zero-order valence-electron chi connectivity index (χ0n) is 40.8. The standard InChI is InChI=1S/C26H25F5N4O3.C22H19F5N4O.C4H7BrO2/c27-17-7-15(8-18(28)9-17)22-12-24(34(33-22)14-25-36-5-6-37-25)38-21-10-19-2-3-20(11-21)35(19)23-4-1-16(13-32-23)26(29,30)31;23-14-5-12(6-15(24)7-14)19-10-21(30-29-19)32-18-8-16-2-3-17(9-18)31(16)20-4-1-13(11-28-20)22(25,26)27;5-3-4-6-1-2-7-4/h1,4,7-9,12-13,19-21,25H,2-3,5-6,10-11,14H2;1,4-7,10-11,16-18H,2-3,8-9H2,(H,29,30);4H,1-3H2/t19-,20+,21?;16-,17+,18?;. The number of H-pyrrole nitrogens is 1. The second kappa shape index (κ2) is 23.1. The summed E-state index contributed by atoms with van der Waals surface area (Å²) in [6.45, 7) is 2.66. The van der Waals surface area contributed by atoms with Crippen LogP contribution in [-0.2, 0) is 37.8 Å². The minimum atomic E-state index is -4.43. The number of aromatic amines is 1. The lowest BCUT2D eigenvalue weighted by atomic mass is 9.99. The number of hydrogen-bond donors (Lipinski definition) is 1. The van der Waals surface area contributed by atoms with Crippen LogP contribution in [0.4, 0.5) is 55.5 Å². The molecule has 0 saturated carbocycles. The Kier molecular flexibility index (Phi) is 16.3. The molecule has 412 valence electrons. The van der Waals surface area contributed by atoms with Gasteiger partial charge in [0.25, 0.3) is 0 Å². The van der Waals surface area contributed by atoms with E-state index in [2.05, 4.69) is 51.0 Å². The molecule has 0 amide bonds. The molecule has 2 unspecified atom stereocenters. The maximum Gasteiger partial charge on any atom is 0.417 e. The summed E-state index contributed by atoms with van der Waals surface area (Å²) in [6, 6.07) is 15.0. The molecule has 12 rings (SSSR count). The van der Waals surface area contributed by atoms with Gasteiger partial charge in [-0.1, -0.05) is 15.9 Å². The van der Waals surface area contributed by atoms with Crippen LogP contribution in [0.5, 0.6) is 11.8 Å². The summed E-state index contributed by atoms with van der Waals surface area (Å²) < 4.78 is 167. The van der Waals surface area contributed by atoms with E-state index < -0.39 is 53.0 Å². The SMILES string of the molecule is BrCC1OCCO1.Fc1cc(F)cc(-c2cc(OC3C[C@H]4CC[C@@H](C3)N4c3ccc(C(F)(F)F)cn3)n(CC3OCCO3)n2)c1.Fc1cc(F)cc(-c2cc(OC3C[C@H]4CC[C@@H](C3)N4c3ccc(C(F)(F)F)cn3)n[nH]2)c1. The predicted molar refractivity (Wildman–Crippen MR) is 261 cm³/mol. The third-order valence-electron chi connectivity index (χ3n) is 14.1. The molecule has 77 heavy (non-hydrogen) atoms. The van der Waals surface area contributed by atoms with Gasteiger partial charge < -0.3 is 38.2 Å². The fourth-order valence-electron chi connectivity index (χ4n) is 10.8. The second-order valence-electron chi connectivity index (χ2n) is 19.3. The summed E-state index contributed by atoms with van der Waals surface area (Å²) in [5, 5.41) is 12.1. The number of alkyl halides is 7. The topological polar surface area (TPSA) is 134 Å². The lowest BCUT2D eigenvalue weighted by Crippen LogP contribution is -2.47. The molecular weight excluding hydrogens is 1100 g/mol. The molecule has 6 aliphatic rings. The summed E-state index contributed by atoms with van der Waals surface area (Å²) in [5.74, 6) is -0.958. The van der Waals surface area contributed by atoms with Gasteiger partial charge in [0.15, 0.2) is 12.6 Å². The van der Waals surface area contributed by atoms with Crippen LogP contribution in [0.15, 0.2) is 85.2 Å². The number of pyridine rings is 2. The lowest BCUT2D eigenvalue weighted by molar-refractivity contribution is -0.138. The van der Waals surface area contributed by atoms with E-state index in [0.29, 0.717) is 79.2 Å². The van der Waals surface area contributed by atoms with Crippen molar-refractivity contribution in [1.82, 2.24) is 29.9 Å². The summed E-state index contributed by atoms with van der Waals surface area (Å²) >= 11 is 3.23. The van der Waals surface area contributed by atoms with Crippen molar-refractivity contribution in [2.45, 2.75) is 119 Å². The highest BCUT2D eigenvalue weighted by atomic mass is 79.9. The van der Waals surface area contributed by atoms with Gasteiger partial charge in [0.05, 0.1) is 60.8 Å². The van der Waals surface area contributed by atoms with Crippen molar-refractivity contribution in [2.24, 2.45) is 0 Å². The maximum absolute atomic E-state index is 13.9. The average Bonchev–Trinajstić information content (AvgIpc) is 4.29. The number of piperidine rings is 2. The number of benzene rings is 2. The van der Waals surface area contributed by atoms with Gasteiger partial charge >= 0.3 is 12.4 Å². The first-order valence-corrected chi connectivity index (χ1v) is 26.1. The maximum atomic E-state index is 13.9. The zero-order chi connectivity index (χ0) is 54.0. The summed E-state index contributed by atoms with van der Waals surface area (Å²) in [5.41, 5.74) is -0.141. The first-order chi connectivity index (χ1) is 36.9. The van der Waals surface area contributed by atoms with E-state index in [1.165, 1.54) is 36.4 Å². The molecule has 4 aromatic heterocycles. The summed E-state index contributed by atoms with van der Waals surface area (Å²) in [6.07, 6.45) is -1.70. The fourth-order valence-corrected chi connectivity index (χ4v) is 11.2. The van der Waals surface area contributed by atoms with E-state index in [9.17, 15) is 43.9 Å². The van der Waals surface area contributed by atoms with E-state index in [0.717, 1.165) is 80.9 Å². The van der Waals surface area contributed by atoms with E-state index >= 15 is 0 Å². The second-order valence-corrected chi connectivity index (χ2v) is 19.9. The Morgan fingerprint density at radius 3 is 1.45 bits per heavy atom. The molecule has 25 heteroatoms. The van der Waals surface area contributed by atoms with Gasteiger partial charge in [-0.2, -0.15) is 31.4 Å². The molecule has 6 aliphatic heterocycles. The zero-order valence-corrected chi connectivity index (χ0v) is 42.4. The monoisotopic (exact) mass is 1150 g/mol. The van der Waals surface area contributed by atoms with Gasteiger partial charge in [0.2, 0.25) is 11.8 Å². The predicted octanol–water partition coefficient (Wildman–Crippen LogP) is 11.3. The van der Waals surface area contributed by atoms with Crippen molar-refractivity contribution < 1.29 is 72.3 Å². The van der Waals surface area contributed by atoms with E-state index in [1.807, 2.05) is 0 Å². The Bertz CT molecular complexity index is 2870. The molecule has 6 fully saturated rings. The minimum absolute atomic E-state index is 0.0139. The first kappa shape index (κ1) is 54.3. The van der Waals surface area contributed by atoms with Gasteiger partial charge in [-0.15, -0.1) is 5.10 Å². The van der Waals surface area contributed by atoms with Crippen molar-refractivity contribution in [1.29, 1.82) is 0 Å². The van der Waals surface area contributed by atoms with Gasteiger partial charge in [-0.25, -0.2) is 32.2 Å². The van der Waals surface area contributed by atoms with Gasteiger partial charge in [-0.05, 0) is 74.2 Å². The molecule has 6 aromatic rings. The molecule has 0 radical (unpaired) electrons. The molecule has 0 spiro atoms. The van der Waals surface area contributed by atoms with Crippen LogP contribution in [-0.4, -0.2) is 111 Å². The van der Waals surface area contributed by atoms with Gasteiger partial charge in [-0.3, -0.25) is 5.10 Å². The van der Waals surface area contributed by atoms with Crippen LogP contribution in [0.2, 0.25) is 0 Å². The highest BCUT2D eigenvalue weighted by Crippen LogP contribution is 2.43. The molecule has 1 N–H and O–H groups in total. The third kappa shape index (κ3) is 13.1. The van der Waals surface area contributed by atoms with Gasteiger partial charge in [0.1, 0.15) is 47.1 Å². The Labute approximate surface area is 443 Å². The average molecular weight is 1150 g/mol. The Hall–Kier alpha value is -6.02. The third-order valence-corrected chi connectivity index (χ3v) is 14.6. The highest BCUT2D eigenvalue weighted by Gasteiger charge is 2.45. The molecular formula is C52H51BrF10N8O6. The molecule has 0 aliphatic carbocycles. The summed E-state index contributed by atoms with van der Waals surface area (Å²) in [4.78, 5) is 12.3. The molecule has 6 saturated heterocycles. The number of fused-ring (bicyclic) bond motifs is 4. The number of halogens is 11. The number of ether oxygens (including phenoxy) is 6. The normalized spacial score (nSPS) is 23.4. The van der Waals surface area contributed by atoms with E-state index in [1.54, 1.807) is 16.8 Å². The first-order valence-electron chi connectivity index (χ1n) is 25.0. The largest absolute Gasteiger partial charge is 0.474 e. The molecule has 6 atom stereocenters. The van der Waals surface area contributed by atoms with Crippen molar-refractivity contribution in [3.05, 3.63) is 120 Å². The number of nitrogens with one attached hydrogen (secondary N) is 1. The van der Waals surface area contributed by atoms with E-state index in [4.69, 9.17) is 28.4 Å². The molecule has 4 bridgehead atoms. The van der Waals surface area contributed by atoms with Gasteiger partial charge in [0, 0.05) is 97.6 Å². The van der Waals surface area contributed by atoms with Crippen molar-refractivity contribution in [2.75, 3.05) is 41.6 Å². The van der Waals surface area contributed by atoms with Crippen LogP contribution < -0.4 is 19.3 Å². The van der Waals surface area contributed by atoms with Crippen molar-refractivity contribution in [3.8, 4) is 34.3 Å². The van der Waals surface area contributed by atoms with Crippen LogP contribution in [0.3, 0.4) is 0 Å². The quantitative estimate of drug-likeness (QED) is 0.0978. The van der Waals surface area contributed by atoms with Crippen LogP contribution in [0.1, 0.15) is 62.5 Å². The molecule has 2 aromatic carbocycles. The number of anilines is 2. The summed E-state index contributed by atoms with van der Waals surface area (Å²) in [7, 11) is 0. The minimum Gasteiger partial charge on any atom is -0.474 e. The Balaban J connectivity index is 0.000000157. The lowest BCUT2D eigenvalue weighted by Gasteiger charge is -2.39. The van der Waals surface area contributed by atoms with Crippen molar-refractivity contribution >= 4 is 27.6 Å². The number of nitrogens with zero attached hydrogens (tertiary/aromatic N) is 7.